The summed E-state index contributed by atoms with van der Waals surface area (Å²) in [5, 5.41) is 3.96. The second-order valence-corrected chi connectivity index (χ2v) is 9.13. The van der Waals surface area contributed by atoms with Gasteiger partial charge in [0.25, 0.3) is 0 Å². The molecule has 0 spiro atoms. The molecule has 2 saturated carbocycles. The van der Waals surface area contributed by atoms with E-state index in [1.165, 1.54) is 19.3 Å². The molecule has 0 radical (unpaired) electrons. The highest BCUT2D eigenvalue weighted by Crippen LogP contribution is 2.62. The van der Waals surface area contributed by atoms with Gasteiger partial charge in [0.1, 0.15) is 0 Å². The van der Waals surface area contributed by atoms with Crippen LogP contribution in [0.25, 0.3) is 0 Å². The number of fused-ring (bicyclic) bond motifs is 2. The van der Waals surface area contributed by atoms with Crippen LogP contribution in [0.3, 0.4) is 0 Å². The SMILES string of the molecule is CN(C)CC(C)(C)CNC1C2(C)CCC(C2)C1(C)C. The van der Waals surface area contributed by atoms with Gasteiger partial charge in [-0.2, -0.15) is 0 Å². The highest BCUT2D eigenvalue weighted by molar-refractivity contribution is 5.12. The Bertz CT molecular complexity index is 327. The predicted octanol–water partition coefficient (Wildman–Crippen LogP) is 3.38. The summed E-state index contributed by atoms with van der Waals surface area (Å²) in [7, 11) is 4.34. The molecule has 3 unspecified atom stereocenters. The van der Waals surface area contributed by atoms with Gasteiger partial charge in [-0.05, 0) is 55.5 Å². The Kier molecular flexibility index (Phi) is 3.81. The number of nitrogens with zero attached hydrogens (tertiary/aromatic N) is 1. The third kappa shape index (κ3) is 2.85. The van der Waals surface area contributed by atoms with Crippen LogP contribution in [0, 0.1) is 22.2 Å². The lowest BCUT2D eigenvalue weighted by Gasteiger charge is -2.45. The van der Waals surface area contributed by atoms with Crippen molar-refractivity contribution < 1.29 is 0 Å². The van der Waals surface area contributed by atoms with Gasteiger partial charge in [-0.3, -0.25) is 0 Å². The first-order chi connectivity index (χ1) is 8.57. The van der Waals surface area contributed by atoms with E-state index in [1.807, 2.05) is 0 Å². The normalized spacial score (nSPS) is 37.3. The highest BCUT2D eigenvalue weighted by atomic mass is 15.1. The van der Waals surface area contributed by atoms with Crippen LogP contribution >= 0.6 is 0 Å². The van der Waals surface area contributed by atoms with Crippen molar-refractivity contribution in [1.82, 2.24) is 10.2 Å². The number of hydrogen-bond donors (Lipinski definition) is 1. The third-order valence-corrected chi connectivity index (χ3v) is 5.80. The Hall–Kier alpha value is -0.0800. The molecule has 1 N–H and O–H groups in total. The molecule has 0 aromatic carbocycles. The molecule has 112 valence electrons. The first kappa shape index (κ1) is 15.3. The molecule has 0 amide bonds. The van der Waals surface area contributed by atoms with Crippen LogP contribution < -0.4 is 5.32 Å². The van der Waals surface area contributed by atoms with Crippen molar-refractivity contribution in [3.8, 4) is 0 Å². The summed E-state index contributed by atoms with van der Waals surface area (Å²) in [4.78, 5) is 2.30. The lowest BCUT2D eigenvalue weighted by atomic mass is 9.68. The first-order valence-electron chi connectivity index (χ1n) is 7.95. The molecule has 2 nitrogen and oxygen atoms in total. The monoisotopic (exact) mass is 266 g/mol. The minimum absolute atomic E-state index is 0.345. The lowest BCUT2D eigenvalue weighted by molar-refractivity contribution is 0.0943. The maximum Gasteiger partial charge on any atom is 0.0175 e. The molecule has 0 aliphatic heterocycles. The van der Waals surface area contributed by atoms with Crippen molar-refractivity contribution >= 4 is 0 Å². The second-order valence-electron chi connectivity index (χ2n) is 9.13. The average Bonchev–Trinajstić information content (AvgIpc) is 2.65. The lowest BCUT2D eigenvalue weighted by Crippen LogP contribution is -2.53. The molecular formula is C17H34N2. The Labute approximate surface area is 120 Å². The first-order valence-corrected chi connectivity index (χ1v) is 7.95. The summed E-state index contributed by atoms with van der Waals surface area (Å²) in [6.45, 7) is 14.5. The number of hydrogen-bond acceptors (Lipinski definition) is 2. The van der Waals surface area contributed by atoms with E-state index in [0.29, 0.717) is 22.3 Å². The Balaban J connectivity index is 1.99. The predicted molar refractivity (Wildman–Crippen MR) is 83.4 cm³/mol. The summed E-state index contributed by atoms with van der Waals surface area (Å²) in [5.74, 6) is 0.937. The van der Waals surface area contributed by atoms with Crippen LogP contribution in [0.5, 0.6) is 0 Å². The fourth-order valence-corrected chi connectivity index (χ4v) is 5.10. The standard InChI is InChI=1S/C17H34N2/c1-15(2,12-19(6)7)11-18-14-16(3,4)13-8-9-17(14,5)10-13/h13-14,18H,8-12H2,1-7H3. The number of nitrogens with one attached hydrogen (secondary N) is 1. The van der Waals surface area contributed by atoms with E-state index < -0.39 is 0 Å². The van der Waals surface area contributed by atoms with Crippen LogP contribution in [0.2, 0.25) is 0 Å². The van der Waals surface area contributed by atoms with Gasteiger partial charge in [-0.1, -0.05) is 34.6 Å². The van der Waals surface area contributed by atoms with Gasteiger partial charge in [0.05, 0.1) is 0 Å². The van der Waals surface area contributed by atoms with E-state index in [-0.39, 0.29) is 0 Å². The molecule has 0 saturated heterocycles. The van der Waals surface area contributed by atoms with E-state index in [2.05, 4.69) is 58.9 Å². The summed E-state index contributed by atoms with van der Waals surface area (Å²) in [6, 6.07) is 0.695. The van der Waals surface area contributed by atoms with Gasteiger partial charge in [-0.15, -0.1) is 0 Å². The van der Waals surface area contributed by atoms with E-state index in [0.717, 1.165) is 19.0 Å². The molecule has 19 heavy (non-hydrogen) atoms. The van der Waals surface area contributed by atoms with Crippen molar-refractivity contribution in [3.05, 3.63) is 0 Å². The van der Waals surface area contributed by atoms with Gasteiger partial charge in [0.2, 0.25) is 0 Å². The van der Waals surface area contributed by atoms with E-state index >= 15 is 0 Å². The molecule has 0 aromatic rings. The van der Waals surface area contributed by atoms with Gasteiger partial charge >= 0.3 is 0 Å². The van der Waals surface area contributed by atoms with Crippen LogP contribution in [-0.4, -0.2) is 38.1 Å². The molecule has 2 aliphatic rings. The van der Waals surface area contributed by atoms with Gasteiger partial charge in [0, 0.05) is 19.1 Å². The maximum absolute atomic E-state index is 3.96. The summed E-state index contributed by atoms with van der Waals surface area (Å²) < 4.78 is 0. The Morgan fingerprint density at radius 2 is 1.84 bits per heavy atom. The quantitative estimate of drug-likeness (QED) is 0.820. The minimum atomic E-state index is 0.345. The summed E-state index contributed by atoms with van der Waals surface area (Å²) in [5.41, 5.74) is 1.36. The molecule has 0 heterocycles. The van der Waals surface area contributed by atoms with Crippen LogP contribution in [0.4, 0.5) is 0 Å². The molecule has 2 fully saturated rings. The van der Waals surface area contributed by atoms with E-state index in [9.17, 15) is 0 Å². The second kappa shape index (κ2) is 4.73. The van der Waals surface area contributed by atoms with Crippen molar-refractivity contribution in [1.29, 1.82) is 0 Å². The highest BCUT2D eigenvalue weighted by Gasteiger charge is 2.59. The molecular weight excluding hydrogens is 232 g/mol. The van der Waals surface area contributed by atoms with Crippen molar-refractivity contribution in [3.63, 3.8) is 0 Å². The fourth-order valence-electron chi connectivity index (χ4n) is 5.10. The van der Waals surface area contributed by atoms with Crippen molar-refractivity contribution in [2.24, 2.45) is 22.2 Å². The molecule has 2 heteroatoms. The van der Waals surface area contributed by atoms with E-state index in [4.69, 9.17) is 0 Å². The van der Waals surface area contributed by atoms with Gasteiger partial charge < -0.3 is 10.2 Å². The number of rotatable bonds is 5. The fraction of sp³-hybridized carbons (Fsp3) is 1.00. The van der Waals surface area contributed by atoms with Crippen molar-refractivity contribution in [2.75, 3.05) is 27.2 Å². The summed E-state index contributed by atoms with van der Waals surface area (Å²) >= 11 is 0. The zero-order valence-electron chi connectivity index (χ0n) is 14.1. The van der Waals surface area contributed by atoms with Crippen LogP contribution in [0.15, 0.2) is 0 Å². The third-order valence-electron chi connectivity index (χ3n) is 5.80. The van der Waals surface area contributed by atoms with Crippen LogP contribution in [-0.2, 0) is 0 Å². The topological polar surface area (TPSA) is 15.3 Å². The summed E-state index contributed by atoms with van der Waals surface area (Å²) in [6.07, 6.45) is 4.31. The zero-order chi connectivity index (χ0) is 14.5. The largest absolute Gasteiger partial charge is 0.312 e. The molecule has 2 bridgehead atoms. The molecule has 2 aliphatic carbocycles. The average molecular weight is 266 g/mol. The van der Waals surface area contributed by atoms with Crippen LogP contribution in [0.1, 0.15) is 53.9 Å². The molecule has 0 aromatic heterocycles. The Morgan fingerprint density at radius 3 is 2.32 bits per heavy atom. The van der Waals surface area contributed by atoms with E-state index in [1.54, 1.807) is 0 Å². The maximum atomic E-state index is 3.96. The molecule has 2 rings (SSSR count). The molecule has 3 atom stereocenters. The zero-order valence-corrected chi connectivity index (χ0v) is 14.1. The van der Waals surface area contributed by atoms with Gasteiger partial charge in [-0.25, -0.2) is 0 Å². The smallest absolute Gasteiger partial charge is 0.0175 e. The van der Waals surface area contributed by atoms with Gasteiger partial charge in [0.15, 0.2) is 0 Å². The minimum Gasteiger partial charge on any atom is -0.312 e. The Morgan fingerprint density at radius 1 is 1.21 bits per heavy atom. The van der Waals surface area contributed by atoms with Crippen molar-refractivity contribution in [2.45, 2.75) is 59.9 Å².